The van der Waals surface area contributed by atoms with E-state index in [-0.39, 0.29) is 5.75 Å². The highest BCUT2D eigenvalue weighted by molar-refractivity contribution is 8.13. The Kier molecular flexibility index (Phi) is 1.59. The van der Waals surface area contributed by atoms with E-state index in [0.29, 0.717) is 11.8 Å². The molecule has 0 radical (unpaired) electrons. The number of rotatable bonds is 2. The van der Waals surface area contributed by atoms with Crippen LogP contribution in [0.2, 0.25) is 0 Å². The fourth-order valence-electron chi connectivity index (χ4n) is 3.79. The largest absolute Gasteiger partial charge is 0.232 e. The first kappa shape index (κ1) is 8.54. The van der Waals surface area contributed by atoms with Gasteiger partial charge in [0.25, 0.3) is 0 Å². The predicted molar refractivity (Wildman–Crippen MR) is 50.9 cm³/mol. The monoisotopic (exact) mass is 220 g/mol. The van der Waals surface area contributed by atoms with Crippen molar-refractivity contribution in [3.05, 3.63) is 0 Å². The summed E-state index contributed by atoms with van der Waals surface area (Å²) < 4.78 is 21.9. The second kappa shape index (κ2) is 2.43. The highest BCUT2D eigenvalue weighted by atomic mass is 35.7. The minimum atomic E-state index is -3.26. The normalized spacial score (nSPS) is 52.2. The van der Waals surface area contributed by atoms with Crippen LogP contribution in [0.5, 0.6) is 0 Å². The maximum atomic E-state index is 10.9. The Morgan fingerprint density at radius 3 is 2.38 bits per heavy atom. The van der Waals surface area contributed by atoms with E-state index in [1.807, 2.05) is 0 Å². The maximum Gasteiger partial charge on any atom is 0.232 e. The molecule has 0 saturated heterocycles. The molecular weight excluding hydrogens is 208 g/mol. The maximum absolute atomic E-state index is 10.9. The molecule has 3 fully saturated rings. The van der Waals surface area contributed by atoms with Gasteiger partial charge in [-0.3, -0.25) is 0 Å². The second-order valence-electron chi connectivity index (χ2n) is 4.92. The third-order valence-corrected chi connectivity index (χ3v) is 5.45. The molecule has 0 aromatic heterocycles. The molecule has 2 nitrogen and oxygen atoms in total. The molecule has 3 rings (SSSR count). The van der Waals surface area contributed by atoms with Crippen LogP contribution in [0.25, 0.3) is 0 Å². The Hall–Kier alpha value is 0.240. The molecule has 3 aliphatic rings. The Morgan fingerprint density at radius 1 is 1.08 bits per heavy atom. The molecule has 5 unspecified atom stereocenters. The number of fused-ring (bicyclic) bond motifs is 5. The van der Waals surface area contributed by atoms with Crippen LogP contribution in [-0.4, -0.2) is 14.2 Å². The van der Waals surface area contributed by atoms with Crippen molar-refractivity contribution in [3.8, 4) is 0 Å². The zero-order chi connectivity index (χ0) is 9.22. The Bertz CT molecular complexity index is 338. The Balaban J connectivity index is 1.75. The molecule has 13 heavy (non-hydrogen) atoms. The van der Waals surface area contributed by atoms with Crippen LogP contribution in [0.3, 0.4) is 0 Å². The molecule has 0 spiro atoms. The van der Waals surface area contributed by atoms with E-state index >= 15 is 0 Å². The van der Waals surface area contributed by atoms with E-state index in [4.69, 9.17) is 10.7 Å². The van der Waals surface area contributed by atoms with E-state index in [9.17, 15) is 8.42 Å². The molecule has 0 aromatic rings. The lowest BCUT2D eigenvalue weighted by atomic mass is 9.90. The zero-order valence-corrected chi connectivity index (χ0v) is 8.89. The fraction of sp³-hybridized carbons (Fsp3) is 1.00. The lowest BCUT2D eigenvalue weighted by molar-refractivity contribution is 0.343. The molecule has 3 aliphatic carbocycles. The van der Waals surface area contributed by atoms with Crippen molar-refractivity contribution in [3.63, 3.8) is 0 Å². The molecule has 0 aliphatic heterocycles. The molecule has 3 saturated carbocycles. The van der Waals surface area contributed by atoms with Gasteiger partial charge in [-0.05, 0) is 48.9 Å². The van der Waals surface area contributed by atoms with Crippen LogP contribution >= 0.6 is 10.7 Å². The van der Waals surface area contributed by atoms with Crippen molar-refractivity contribution in [2.75, 3.05) is 5.75 Å². The molecule has 2 bridgehead atoms. The minimum Gasteiger partial charge on any atom is -0.212 e. The topological polar surface area (TPSA) is 34.1 Å². The molecule has 4 heteroatoms. The van der Waals surface area contributed by atoms with E-state index in [2.05, 4.69) is 0 Å². The molecule has 0 N–H and O–H groups in total. The molecule has 0 amide bonds. The molecule has 74 valence electrons. The summed E-state index contributed by atoms with van der Waals surface area (Å²) >= 11 is 0. The highest BCUT2D eigenvalue weighted by Crippen LogP contribution is 2.67. The van der Waals surface area contributed by atoms with Crippen LogP contribution in [0.15, 0.2) is 0 Å². The van der Waals surface area contributed by atoms with E-state index in [0.717, 1.165) is 24.2 Å². The predicted octanol–water partition coefficient (Wildman–Crippen LogP) is 1.85. The van der Waals surface area contributed by atoms with Crippen LogP contribution < -0.4 is 0 Å². The number of hydrogen-bond donors (Lipinski definition) is 0. The van der Waals surface area contributed by atoms with Gasteiger partial charge in [0.2, 0.25) is 9.05 Å². The van der Waals surface area contributed by atoms with Gasteiger partial charge >= 0.3 is 0 Å². The van der Waals surface area contributed by atoms with E-state index < -0.39 is 9.05 Å². The van der Waals surface area contributed by atoms with Gasteiger partial charge in [0.1, 0.15) is 0 Å². The van der Waals surface area contributed by atoms with Crippen LogP contribution in [0.1, 0.15) is 19.3 Å². The third kappa shape index (κ3) is 1.32. The summed E-state index contributed by atoms with van der Waals surface area (Å²) in [5.41, 5.74) is 0. The minimum absolute atomic E-state index is 0.221. The highest BCUT2D eigenvalue weighted by Gasteiger charge is 2.61. The number of halogens is 1. The molecule has 5 atom stereocenters. The van der Waals surface area contributed by atoms with Crippen molar-refractivity contribution in [2.24, 2.45) is 29.6 Å². The SMILES string of the molecule is O=S(=O)(Cl)CC1CC2CC1C1CC21. The Labute approximate surface area is 83.1 Å². The van der Waals surface area contributed by atoms with Gasteiger partial charge in [-0.15, -0.1) is 0 Å². The van der Waals surface area contributed by atoms with Crippen molar-refractivity contribution >= 4 is 19.7 Å². The first-order valence-electron chi connectivity index (χ1n) is 4.97. The zero-order valence-electron chi connectivity index (χ0n) is 7.32. The standard InChI is InChI=1S/C9H13ClO2S/c10-13(11,12)4-6-1-5-2-7(6)9-3-8(5)9/h5-9H,1-4H2. The summed E-state index contributed by atoms with van der Waals surface area (Å²) in [6.45, 7) is 0. The summed E-state index contributed by atoms with van der Waals surface area (Å²) in [4.78, 5) is 0. The van der Waals surface area contributed by atoms with Crippen molar-refractivity contribution in [2.45, 2.75) is 19.3 Å². The van der Waals surface area contributed by atoms with Crippen LogP contribution in [-0.2, 0) is 9.05 Å². The van der Waals surface area contributed by atoms with Gasteiger partial charge in [-0.25, -0.2) is 8.42 Å². The summed E-state index contributed by atoms with van der Waals surface area (Å²) in [5, 5.41) is 0. The Morgan fingerprint density at radius 2 is 1.85 bits per heavy atom. The van der Waals surface area contributed by atoms with Gasteiger partial charge in [-0.1, -0.05) is 0 Å². The molecule has 0 heterocycles. The first-order valence-corrected chi connectivity index (χ1v) is 7.45. The fourth-order valence-corrected chi connectivity index (χ4v) is 5.17. The average Bonchev–Trinajstić information content (AvgIpc) is 2.59. The van der Waals surface area contributed by atoms with Crippen LogP contribution in [0, 0.1) is 29.6 Å². The third-order valence-electron chi connectivity index (χ3n) is 4.25. The molecule has 0 aromatic carbocycles. The second-order valence-corrected chi connectivity index (χ2v) is 7.75. The quantitative estimate of drug-likeness (QED) is 0.666. The summed E-state index contributed by atoms with van der Waals surface area (Å²) in [5.74, 6) is 4.00. The van der Waals surface area contributed by atoms with Crippen LogP contribution in [0.4, 0.5) is 0 Å². The van der Waals surface area contributed by atoms with E-state index in [1.165, 1.54) is 12.8 Å². The lowest BCUT2D eigenvalue weighted by Gasteiger charge is -2.19. The summed E-state index contributed by atoms with van der Waals surface area (Å²) in [7, 11) is 2.02. The summed E-state index contributed by atoms with van der Waals surface area (Å²) in [6, 6.07) is 0. The van der Waals surface area contributed by atoms with Gasteiger partial charge < -0.3 is 0 Å². The van der Waals surface area contributed by atoms with Gasteiger partial charge in [0.05, 0.1) is 5.75 Å². The lowest BCUT2D eigenvalue weighted by Crippen LogP contribution is -2.20. The van der Waals surface area contributed by atoms with Crippen molar-refractivity contribution in [1.82, 2.24) is 0 Å². The van der Waals surface area contributed by atoms with Gasteiger partial charge in [0, 0.05) is 10.7 Å². The van der Waals surface area contributed by atoms with Gasteiger partial charge in [-0.2, -0.15) is 0 Å². The smallest absolute Gasteiger partial charge is 0.212 e. The van der Waals surface area contributed by atoms with Crippen molar-refractivity contribution in [1.29, 1.82) is 0 Å². The number of hydrogen-bond acceptors (Lipinski definition) is 2. The van der Waals surface area contributed by atoms with Gasteiger partial charge in [0.15, 0.2) is 0 Å². The summed E-state index contributed by atoms with van der Waals surface area (Å²) in [6.07, 6.45) is 3.78. The molecular formula is C9H13ClO2S. The average molecular weight is 221 g/mol. The van der Waals surface area contributed by atoms with Crippen molar-refractivity contribution < 1.29 is 8.42 Å². The van der Waals surface area contributed by atoms with E-state index in [1.54, 1.807) is 0 Å². The first-order chi connectivity index (χ1) is 6.04.